The van der Waals surface area contributed by atoms with Gasteiger partial charge >= 0.3 is 0 Å². The van der Waals surface area contributed by atoms with Crippen molar-refractivity contribution in [1.29, 1.82) is 0 Å². The van der Waals surface area contributed by atoms with Crippen LogP contribution in [0.1, 0.15) is 50.1 Å². The Labute approximate surface area is 265 Å². The molecule has 7 aromatic rings. The Kier molecular flexibility index (Phi) is 5.64. The first-order valence-corrected chi connectivity index (χ1v) is 15.9. The predicted molar refractivity (Wildman–Crippen MR) is 186 cm³/mol. The quantitative estimate of drug-likeness (QED) is 0.197. The van der Waals surface area contributed by atoms with Gasteiger partial charge in [0.05, 0.1) is 10.8 Å². The summed E-state index contributed by atoms with van der Waals surface area (Å²) in [6, 6.07) is 65.8. The van der Waals surface area contributed by atoms with Crippen molar-refractivity contribution >= 4 is 0 Å². The van der Waals surface area contributed by atoms with Gasteiger partial charge in [0.15, 0.2) is 0 Å². The lowest BCUT2D eigenvalue weighted by atomic mass is 9.51. The maximum atomic E-state index is 2.40. The summed E-state index contributed by atoms with van der Waals surface area (Å²) in [5.41, 5.74) is 16.2. The first kappa shape index (κ1) is 26.0. The molecule has 2 aliphatic carbocycles. The zero-order chi connectivity index (χ0) is 30.0. The van der Waals surface area contributed by atoms with E-state index in [-0.39, 0.29) is 0 Å². The third-order valence-electron chi connectivity index (χ3n) is 10.3. The fourth-order valence-corrected chi connectivity index (χ4v) is 8.51. The molecule has 9 rings (SSSR count). The van der Waals surface area contributed by atoms with E-state index in [0.29, 0.717) is 0 Å². The minimum Gasteiger partial charge on any atom is -0.0622 e. The van der Waals surface area contributed by atoms with Crippen LogP contribution in [0.3, 0.4) is 0 Å². The molecule has 0 amide bonds. The van der Waals surface area contributed by atoms with Crippen LogP contribution in [0.25, 0.3) is 22.3 Å². The largest absolute Gasteiger partial charge is 0.0720 e. The first-order valence-electron chi connectivity index (χ1n) is 15.9. The lowest BCUT2D eigenvalue weighted by Crippen LogP contribution is -2.44. The summed E-state index contributed by atoms with van der Waals surface area (Å²) in [6.07, 6.45) is 0. The summed E-state index contributed by atoms with van der Waals surface area (Å²) in [7, 11) is 0. The van der Waals surface area contributed by atoms with Crippen molar-refractivity contribution in [3.8, 4) is 22.3 Å². The molecule has 0 N–H and O–H groups in total. The maximum absolute atomic E-state index is 2.40. The van der Waals surface area contributed by atoms with Gasteiger partial charge in [-0.15, -0.1) is 0 Å². The van der Waals surface area contributed by atoms with Crippen LogP contribution in [0.4, 0.5) is 0 Å². The van der Waals surface area contributed by atoms with E-state index in [4.69, 9.17) is 0 Å². The predicted octanol–water partition coefficient (Wildman–Crippen LogP) is 10.7. The molecule has 212 valence electrons. The third-order valence-corrected chi connectivity index (χ3v) is 10.3. The van der Waals surface area contributed by atoms with Crippen LogP contribution in [0.5, 0.6) is 0 Å². The first-order chi connectivity index (χ1) is 22.2. The van der Waals surface area contributed by atoms with E-state index >= 15 is 0 Å². The van der Waals surface area contributed by atoms with E-state index < -0.39 is 10.8 Å². The molecule has 2 unspecified atom stereocenters. The average Bonchev–Trinajstić information content (AvgIpc) is 3.42. The van der Waals surface area contributed by atoms with E-state index in [1.807, 2.05) is 0 Å². The fraction of sp³-hybridized carbons (Fsp3) is 0.0667. The molecular weight excluding hydrogens is 540 g/mol. The SMILES string of the molecule is Cc1ccc(-c2ccc(C3(c4ccccc4)c4ccccc4C4(c5ccccc5)c5ccccc5-c5cccc3c54)cc2)cc1. The maximum Gasteiger partial charge on any atom is 0.0720 e. The van der Waals surface area contributed by atoms with Gasteiger partial charge in [-0.2, -0.15) is 0 Å². The summed E-state index contributed by atoms with van der Waals surface area (Å²) in [5, 5.41) is 0. The number of hydrogen-bond donors (Lipinski definition) is 0. The van der Waals surface area contributed by atoms with Crippen LogP contribution in [0, 0.1) is 6.92 Å². The van der Waals surface area contributed by atoms with Crippen molar-refractivity contribution < 1.29 is 0 Å². The Bertz CT molecular complexity index is 2190. The fourth-order valence-electron chi connectivity index (χ4n) is 8.51. The summed E-state index contributed by atoms with van der Waals surface area (Å²) in [5.74, 6) is 0. The number of fused-ring (bicyclic) bond motifs is 5. The van der Waals surface area contributed by atoms with Gasteiger partial charge in [0.2, 0.25) is 0 Å². The standard InChI is InChI=1S/C45H32/c1-31-23-25-32(26-24-31)33-27-29-36(30-28-33)44(34-13-4-2-5-14-34)40-20-10-11-21-41(40)45(35-15-6-3-7-16-35)39-19-9-8-17-37(39)38-18-12-22-42(44)43(38)45/h2-30H,1H3. The molecule has 0 spiro atoms. The molecule has 0 aromatic heterocycles. The lowest BCUT2D eigenvalue weighted by Gasteiger charge is -2.49. The molecule has 0 nitrogen and oxygen atoms in total. The Morgan fingerprint density at radius 2 is 0.756 bits per heavy atom. The van der Waals surface area contributed by atoms with Crippen molar-refractivity contribution in [2.24, 2.45) is 0 Å². The molecule has 45 heavy (non-hydrogen) atoms. The number of rotatable bonds is 4. The van der Waals surface area contributed by atoms with Crippen LogP contribution < -0.4 is 0 Å². The van der Waals surface area contributed by atoms with E-state index in [0.717, 1.165) is 0 Å². The molecule has 0 saturated carbocycles. The Hall–Kier alpha value is -5.46. The van der Waals surface area contributed by atoms with Gasteiger partial charge in [-0.1, -0.05) is 181 Å². The Balaban J connectivity index is 1.43. The minimum absolute atomic E-state index is 0.416. The summed E-state index contributed by atoms with van der Waals surface area (Å²) >= 11 is 0. The molecule has 0 heteroatoms. The topological polar surface area (TPSA) is 0 Å². The van der Waals surface area contributed by atoms with Crippen LogP contribution >= 0.6 is 0 Å². The normalized spacial score (nSPS) is 19.0. The van der Waals surface area contributed by atoms with E-state index in [9.17, 15) is 0 Å². The van der Waals surface area contributed by atoms with Crippen molar-refractivity contribution in [3.05, 3.63) is 226 Å². The zero-order valence-corrected chi connectivity index (χ0v) is 25.2. The second kappa shape index (κ2) is 9.78. The molecule has 2 atom stereocenters. The molecular formula is C45H32. The number of aryl methyl sites for hydroxylation is 1. The lowest BCUT2D eigenvalue weighted by molar-refractivity contribution is 0.627. The molecule has 0 bridgehead atoms. The Morgan fingerprint density at radius 1 is 0.311 bits per heavy atom. The van der Waals surface area contributed by atoms with E-state index in [1.165, 1.54) is 72.3 Å². The monoisotopic (exact) mass is 572 g/mol. The third kappa shape index (κ3) is 3.43. The van der Waals surface area contributed by atoms with Crippen LogP contribution in [0.2, 0.25) is 0 Å². The van der Waals surface area contributed by atoms with Gasteiger partial charge in [0, 0.05) is 0 Å². The minimum atomic E-state index is -0.505. The van der Waals surface area contributed by atoms with E-state index in [1.54, 1.807) is 0 Å². The number of hydrogen-bond acceptors (Lipinski definition) is 0. The second-order valence-corrected chi connectivity index (χ2v) is 12.5. The Morgan fingerprint density at radius 3 is 1.40 bits per heavy atom. The van der Waals surface area contributed by atoms with E-state index in [2.05, 4.69) is 183 Å². The highest BCUT2D eigenvalue weighted by molar-refractivity contribution is 5.91. The van der Waals surface area contributed by atoms with Gasteiger partial charge in [0.1, 0.15) is 0 Å². The second-order valence-electron chi connectivity index (χ2n) is 12.5. The molecule has 0 fully saturated rings. The molecule has 0 heterocycles. The smallest absolute Gasteiger partial charge is 0.0622 e. The zero-order valence-electron chi connectivity index (χ0n) is 25.2. The highest BCUT2D eigenvalue weighted by Crippen LogP contribution is 2.65. The van der Waals surface area contributed by atoms with Crippen molar-refractivity contribution in [2.75, 3.05) is 0 Å². The molecule has 0 radical (unpaired) electrons. The van der Waals surface area contributed by atoms with Crippen molar-refractivity contribution in [2.45, 2.75) is 17.8 Å². The van der Waals surface area contributed by atoms with Crippen LogP contribution in [-0.2, 0) is 10.8 Å². The molecule has 2 aliphatic rings. The molecule has 7 aromatic carbocycles. The van der Waals surface area contributed by atoms with Gasteiger partial charge < -0.3 is 0 Å². The van der Waals surface area contributed by atoms with Crippen molar-refractivity contribution in [3.63, 3.8) is 0 Å². The summed E-state index contributed by atoms with van der Waals surface area (Å²) in [6.45, 7) is 2.14. The average molecular weight is 573 g/mol. The van der Waals surface area contributed by atoms with Crippen LogP contribution in [0.15, 0.2) is 176 Å². The van der Waals surface area contributed by atoms with Crippen LogP contribution in [-0.4, -0.2) is 0 Å². The highest BCUT2D eigenvalue weighted by Gasteiger charge is 2.57. The van der Waals surface area contributed by atoms with Crippen molar-refractivity contribution in [1.82, 2.24) is 0 Å². The summed E-state index contributed by atoms with van der Waals surface area (Å²) in [4.78, 5) is 0. The van der Waals surface area contributed by atoms with Gasteiger partial charge in [0.25, 0.3) is 0 Å². The number of benzene rings is 7. The van der Waals surface area contributed by atoms with Gasteiger partial charge in [-0.25, -0.2) is 0 Å². The highest BCUT2D eigenvalue weighted by atomic mass is 14.6. The summed E-state index contributed by atoms with van der Waals surface area (Å²) < 4.78 is 0. The van der Waals surface area contributed by atoms with Gasteiger partial charge in [-0.3, -0.25) is 0 Å². The molecule has 0 saturated heterocycles. The molecule has 0 aliphatic heterocycles. The van der Waals surface area contributed by atoms with Gasteiger partial charge in [-0.05, 0) is 73.7 Å².